The van der Waals surface area contributed by atoms with E-state index in [9.17, 15) is 4.39 Å². The lowest BCUT2D eigenvalue weighted by molar-refractivity contribution is 0.624. The minimum atomic E-state index is -0.233. The van der Waals surface area contributed by atoms with E-state index in [1.54, 1.807) is 6.07 Å². The Balaban J connectivity index is 2.13. The molecule has 0 aliphatic rings. The minimum absolute atomic E-state index is 0.233. The Morgan fingerprint density at radius 3 is 2.85 bits per heavy atom. The summed E-state index contributed by atoms with van der Waals surface area (Å²) in [6.45, 7) is 2.10. The predicted octanol–water partition coefficient (Wildman–Crippen LogP) is 5.12. The molecule has 0 radical (unpaired) electrons. The Morgan fingerprint density at radius 1 is 1.35 bits per heavy atom. The van der Waals surface area contributed by atoms with E-state index in [2.05, 4.69) is 39.5 Å². The summed E-state index contributed by atoms with van der Waals surface area (Å²) in [5.41, 5.74) is 0.989. The van der Waals surface area contributed by atoms with Crippen molar-refractivity contribution in [3.8, 4) is 0 Å². The number of benzene rings is 1. The molecule has 0 aliphatic heterocycles. The number of aromatic nitrogens is 2. The van der Waals surface area contributed by atoms with Gasteiger partial charge < -0.3 is 0 Å². The molecule has 2 rings (SSSR count). The average molecular weight is 423 g/mol. The molecule has 0 atom stereocenters. The zero-order valence-electron chi connectivity index (χ0n) is 10.9. The zero-order chi connectivity index (χ0) is 14.5. The summed E-state index contributed by atoms with van der Waals surface area (Å²) in [5, 5.41) is 0.499. The lowest BCUT2D eigenvalue weighted by atomic mass is 10.2. The lowest BCUT2D eigenvalue weighted by Crippen LogP contribution is -2.02. The van der Waals surface area contributed by atoms with Gasteiger partial charge in [-0.15, -0.1) is 11.8 Å². The smallest absolute Gasteiger partial charge is 0.146 e. The van der Waals surface area contributed by atoms with Crippen LogP contribution >= 0.6 is 46.0 Å². The number of hydrogen-bond donors (Lipinski definition) is 0. The molecule has 0 N–H and O–H groups in total. The van der Waals surface area contributed by atoms with Crippen molar-refractivity contribution in [2.24, 2.45) is 0 Å². The summed E-state index contributed by atoms with van der Waals surface area (Å²) in [6, 6.07) is 6.50. The van der Waals surface area contributed by atoms with Gasteiger partial charge in [0, 0.05) is 4.90 Å². The first-order chi connectivity index (χ1) is 9.60. The second kappa shape index (κ2) is 7.56. The van der Waals surface area contributed by atoms with Crippen LogP contribution in [0.1, 0.15) is 24.9 Å². The summed E-state index contributed by atoms with van der Waals surface area (Å²) < 4.78 is 14.0. The van der Waals surface area contributed by atoms with Crippen molar-refractivity contribution in [1.29, 1.82) is 0 Å². The Bertz CT molecular complexity index is 610. The molecule has 1 aromatic carbocycles. The number of halogens is 3. The third-order valence-electron chi connectivity index (χ3n) is 2.58. The van der Waals surface area contributed by atoms with E-state index < -0.39 is 0 Å². The van der Waals surface area contributed by atoms with E-state index in [1.165, 1.54) is 23.9 Å². The second-order valence-electron chi connectivity index (χ2n) is 4.19. The van der Waals surface area contributed by atoms with Gasteiger partial charge in [0.05, 0.1) is 15.0 Å². The fourth-order valence-corrected chi connectivity index (χ4v) is 3.20. The van der Waals surface area contributed by atoms with Crippen LogP contribution in [-0.2, 0) is 12.2 Å². The van der Waals surface area contributed by atoms with Gasteiger partial charge in [0.1, 0.15) is 16.8 Å². The SMILES string of the molecule is CCCc1nc(CSc2cccc(F)c2)nc(Cl)c1I. The van der Waals surface area contributed by atoms with Gasteiger partial charge in [-0.2, -0.15) is 0 Å². The van der Waals surface area contributed by atoms with E-state index in [-0.39, 0.29) is 5.82 Å². The van der Waals surface area contributed by atoms with Crippen molar-refractivity contribution in [2.45, 2.75) is 30.4 Å². The Labute approximate surface area is 140 Å². The van der Waals surface area contributed by atoms with Crippen LogP contribution in [0.4, 0.5) is 4.39 Å². The van der Waals surface area contributed by atoms with E-state index in [4.69, 9.17) is 11.6 Å². The van der Waals surface area contributed by atoms with Crippen molar-refractivity contribution in [1.82, 2.24) is 9.97 Å². The standard InChI is InChI=1S/C14H13ClFIN2S/c1-2-4-11-13(17)14(15)19-12(18-11)8-20-10-6-3-5-9(16)7-10/h3,5-7H,2,4,8H2,1H3. The maximum Gasteiger partial charge on any atom is 0.146 e. The first kappa shape index (κ1) is 16.0. The summed E-state index contributed by atoms with van der Waals surface area (Å²) >= 11 is 9.81. The molecule has 20 heavy (non-hydrogen) atoms. The largest absolute Gasteiger partial charge is 0.236 e. The van der Waals surface area contributed by atoms with Gasteiger partial charge in [-0.05, 0) is 47.2 Å². The van der Waals surface area contributed by atoms with Crippen molar-refractivity contribution < 1.29 is 4.39 Å². The van der Waals surface area contributed by atoms with Crippen LogP contribution in [-0.4, -0.2) is 9.97 Å². The first-order valence-corrected chi connectivity index (χ1v) is 8.63. The van der Waals surface area contributed by atoms with Crippen LogP contribution in [0.2, 0.25) is 5.15 Å². The van der Waals surface area contributed by atoms with Crippen molar-refractivity contribution in [3.63, 3.8) is 0 Å². The molecule has 0 bridgehead atoms. The summed E-state index contributed by atoms with van der Waals surface area (Å²) in [7, 11) is 0. The molecule has 0 aliphatic carbocycles. The fraction of sp³-hybridized carbons (Fsp3) is 0.286. The summed E-state index contributed by atoms with van der Waals surface area (Å²) in [4.78, 5) is 9.69. The highest BCUT2D eigenvalue weighted by molar-refractivity contribution is 14.1. The Kier molecular flexibility index (Phi) is 6.04. The van der Waals surface area contributed by atoms with E-state index in [1.807, 2.05) is 6.07 Å². The van der Waals surface area contributed by atoms with Crippen LogP contribution in [0.25, 0.3) is 0 Å². The van der Waals surface area contributed by atoms with Gasteiger partial charge in [0.2, 0.25) is 0 Å². The van der Waals surface area contributed by atoms with Gasteiger partial charge in [0.15, 0.2) is 0 Å². The summed E-state index contributed by atoms with van der Waals surface area (Å²) in [5.74, 6) is 1.04. The molecule has 2 aromatic rings. The third kappa shape index (κ3) is 4.30. The van der Waals surface area contributed by atoms with Crippen LogP contribution in [0.3, 0.4) is 0 Å². The van der Waals surface area contributed by atoms with E-state index in [0.717, 1.165) is 27.0 Å². The maximum absolute atomic E-state index is 13.1. The highest BCUT2D eigenvalue weighted by Crippen LogP contribution is 2.25. The molecular weight excluding hydrogens is 410 g/mol. The number of aryl methyl sites for hydroxylation is 1. The molecule has 0 amide bonds. The van der Waals surface area contributed by atoms with Crippen molar-refractivity contribution in [3.05, 3.63) is 50.3 Å². The number of nitrogens with zero attached hydrogens (tertiary/aromatic N) is 2. The van der Waals surface area contributed by atoms with Crippen molar-refractivity contribution >= 4 is 46.0 Å². The zero-order valence-corrected chi connectivity index (χ0v) is 14.6. The highest BCUT2D eigenvalue weighted by Gasteiger charge is 2.10. The predicted molar refractivity (Wildman–Crippen MR) is 89.7 cm³/mol. The van der Waals surface area contributed by atoms with Crippen LogP contribution in [0.15, 0.2) is 29.2 Å². The molecule has 0 saturated carbocycles. The van der Waals surface area contributed by atoms with Gasteiger partial charge in [-0.1, -0.05) is 31.0 Å². The van der Waals surface area contributed by atoms with Gasteiger partial charge >= 0.3 is 0 Å². The monoisotopic (exact) mass is 422 g/mol. The Morgan fingerprint density at radius 2 is 2.15 bits per heavy atom. The quantitative estimate of drug-likeness (QED) is 0.380. The van der Waals surface area contributed by atoms with Gasteiger partial charge in [-0.3, -0.25) is 0 Å². The minimum Gasteiger partial charge on any atom is -0.236 e. The van der Waals surface area contributed by atoms with Crippen molar-refractivity contribution in [2.75, 3.05) is 0 Å². The molecule has 0 spiro atoms. The van der Waals surface area contributed by atoms with Crippen LogP contribution < -0.4 is 0 Å². The lowest BCUT2D eigenvalue weighted by Gasteiger charge is -2.07. The molecular formula is C14H13ClFIN2S. The first-order valence-electron chi connectivity index (χ1n) is 6.19. The second-order valence-corrected chi connectivity index (χ2v) is 6.67. The maximum atomic E-state index is 13.1. The number of rotatable bonds is 5. The molecule has 1 heterocycles. The number of hydrogen-bond acceptors (Lipinski definition) is 3. The molecule has 6 heteroatoms. The molecule has 1 aromatic heterocycles. The topological polar surface area (TPSA) is 25.8 Å². The average Bonchev–Trinajstić information content (AvgIpc) is 2.42. The Hall–Kier alpha value is -0.400. The molecule has 0 fully saturated rings. The molecule has 0 unspecified atom stereocenters. The molecule has 0 saturated heterocycles. The molecule has 106 valence electrons. The van der Waals surface area contributed by atoms with Gasteiger partial charge in [0.25, 0.3) is 0 Å². The summed E-state index contributed by atoms with van der Waals surface area (Å²) in [6.07, 6.45) is 1.90. The highest BCUT2D eigenvalue weighted by atomic mass is 127. The van der Waals surface area contributed by atoms with E-state index >= 15 is 0 Å². The van der Waals surface area contributed by atoms with Crippen LogP contribution in [0, 0.1) is 9.39 Å². The number of thioether (sulfide) groups is 1. The fourth-order valence-electron chi connectivity index (χ4n) is 1.68. The van der Waals surface area contributed by atoms with E-state index in [0.29, 0.717) is 16.7 Å². The molecule has 2 nitrogen and oxygen atoms in total. The van der Waals surface area contributed by atoms with Crippen LogP contribution in [0.5, 0.6) is 0 Å². The van der Waals surface area contributed by atoms with Gasteiger partial charge in [-0.25, -0.2) is 14.4 Å². The normalized spacial score (nSPS) is 10.8. The third-order valence-corrected chi connectivity index (χ3v) is 5.29.